The molecule has 0 saturated heterocycles. The molecule has 1 heterocycles. The number of carbonyl (C=O) groups excluding carboxylic acids is 1. The molecule has 0 radical (unpaired) electrons. The maximum atomic E-state index is 14.6. The minimum Gasteiger partial charge on any atom is -0.459 e. The molecule has 4 aromatic rings. The molecule has 7 rings (SSSR count). The number of hydrogen-bond donors (Lipinski definition) is 2. The number of amides is 1. The Morgan fingerprint density at radius 3 is 2.35 bits per heavy atom. The van der Waals surface area contributed by atoms with E-state index in [0.29, 0.717) is 43.7 Å². The van der Waals surface area contributed by atoms with Crippen LogP contribution in [0.15, 0.2) is 120 Å². The maximum absolute atomic E-state index is 14.6. The average molecular weight is 845 g/mol. The summed E-state index contributed by atoms with van der Waals surface area (Å²) in [5.74, 6) is 0.231. The summed E-state index contributed by atoms with van der Waals surface area (Å²) in [5.41, 5.74) is 3.02. The second kappa shape index (κ2) is 20.4. The Labute approximate surface area is 367 Å². The van der Waals surface area contributed by atoms with Crippen molar-refractivity contribution in [3.63, 3.8) is 0 Å². The van der Waals surface area contributed by atoms with Crippen LogP contribution in [-0.2, 0) is 20.9 Å². The van der Waals surface area contributed by atoms with E-state index in [9.17, 15) is 15.0 Å². The van der Waals surface area contributed by atoms with E-state index in [1.807, 2.05) is 88.4 Å². The van der Waals surface area contributed by atoms with Crippen LogP contribution < -0.4 is 9.47 Å². The molecule has 330 valence electrons. The Kier molecular flexibility index (Phi) is 14.7. The molecule has 0 unspecified atom stereocenters. The van der Waals surface area contributed by atoms with E-state index >= 15 is 0 Å². The number of rotatable bonds is 19. The van der Waals surface area contributed by atoms with Crippen molar-refractivity contribution < 1.29 is 38.8 Å². The van der Waals surface area contributed by atoms with E-state index < -0.39 is 29.4 Å². The number of ether oxygens (including phenoxy) is 4. The molecule has 0 aromatic heterocycles. The van der Waals surface area contributed by atoms with Crippen molar-refractivity contribution in [1.82, 2.24) is 4.90 Å². The number of nitrogens with zero attached hydrogens (tertiary/aromatic N) is 2. The van der Waals surface area contributed by atoms with Gasteiger partial charge in [-0.05, 0) is 117 Å². The summed E-state index contributed by atoms with van der Waals surface area (Å²) in [6.07, 6.45) is 9.29. The third-order valence-electron chi connectivity index (χ3n) is 12.3. The van der Waals surface area contributed by atoms with E-state index in [1.54, 1.807) is 11.0 Å². The number of hydrogen-bond acceptors (Lipinski definition) is 9. The Morgan fingerprint density at radius 1 is 0.919 bits per heavy atom. The van der Waals surface area contributed by atoms with Gasteiger partial charge < -0.3 is 34.0 Å². The summed E-state index contributed by atoms with van der Waals surface area (Å²) in [6.45, 7) is 12.9. The van der Waals surface area contributed by atoms with Crippen molar-refractivity contribution in [3.05, 3.63) is 126 Å². The maximum Gasteiger partial charge on any atom is 0.410 e. The monoisotopic (exact) mass is 844 g/mol. The lowest BCUT2D eigenvalue weighted by Crippen LogP contribution is -2.70. The number of benzene rings is 4. The highest BCUT2D eigenvalue weighted by Gasteiger charge is 2.65. The third kappa shape index (κ3) is 10.0. The molecule has 1 saturated carbocycles. The first-order valence-corrected chi connectivity index (χ1v) is 22.5. The zero-order chi connectivity index (χ0) is 43.7. The van der Waals surface area contributed by atoms with Crippen LogP contribution in [0.5, 0.6) is 17.2 Å². The highest BCUT2D eigenvalue weighted by Crippen LogP contribution is 2.62. The molecule has 10 nitrogen and oxygen atoms in total. The molecule has 1 amide bonds. The molecule has 0 bridgehead atoms. The van der Waals surface area contributed by atoms with Gasteiger partial charge in [-0.3, -0.25) is 4.90 Å². The first kappa shape index (κ1) is 44.9. The zero-order valence-electron chi connectivity index (χ0n) is 36.8. The van der Waals surface area contributed by atoms with Crippen LogP contribution in [-0.4, -0.2) is 70.7 Å². The smallest absolute Gasteiger partial charge is 0.410 e. The molecule has 1 aliphatic heterocycles. The molecule has 62 heavy (non-hydrogen) atoms. The van der Waals surface area contributed by atoms with Crippen LogP contribution in [0.2, 0.25) is 0 Å². The van der Waals surface area contributed by atoms with Gasteiger partial charge in [0.1, 0.15) is 35.5 Å². The molecule has 2 aliphatic carbocycles. The average Bonchev–Trinajstić information content (AvgIpc) is 3.27. The number of oxime groups is 1. The molecule has 0 spiro atoms. The molecule has 6 atom stereocenters. The predicted molar refractivity (Wildman–Crippen MR) is 243 cm³/mol. The van der Waals surface area contributed by atoms with Crippen molar-refractivity contribution in [1.29, 1.82) is 0 Å². The summed E-state index contributed by atoms with van der Waals surface area (Å²) in [6, 6.07) is 29.4. The lowest BCUT2D eigenvalue weighted by molar-refractivity contribution is -0.255. The van der Waals surface area contributed by atoms with E-state index in [0.717, 1.165) is 64.6 Å². The highest BCUT2D eigenvalue weighted by molar-refractivity contribution is 6.03. The number of aliphatic hydroxyl groups excluding tert-OH is 2. The number of unbranched alkanes of at least 4 members (excludes halogenated alkanes) is 2. The zero-order valence-corrected chi connectivity index (χ0v) is 36.8. The second-order valence-corrected chi connectivity index (χ2v) is 17.8. The Morgan fingerprint density at radius 2 is 1.63 bits per heavy atom. The SMILES string of the molecule is C=CCO[C@@]12Oc3ccc(Oc4ccc5ccccc5c4)cc3[C@H]3[C@H](CCCCO)[C@@H](CCCCO)C=C(C(=NOC(C)(C)C)C[C@@H]1N(CCC)C(=O)OCc1ccccc1)[C@H]32. The normalized spacial score (nSPS) is 23.4. The van der Waals surface area contributed by atoms with Gasteiger partial charge in [-0.2, -0.15) is 0 Å². The van der Waals surface area contributed by atoms with Crippen LogP contribution in [0.1, 0.15) is 96.1 Å². The van der Waals surface area contributed by atoms with E-state index in [-0.39, 0.29) is 44.2 Å². The van der Waals surface area contributed by atoms with Crippen molar-refractivity contribution in [3.8, 4) is 17.2 Å². The first-order chi connectivity index (χ1) is 30.1. The van der Waals surface area contributed by atoms with Gasteiger partial charge in [0.15, 0.2) is 0 Å². The van der Waals surface area contributed by atoms with Crippen molar-refractivity contribution in [2.75, 3.05) is 26.4 Å². The van der Waals surface area contributed by atoms with Crippen molar-refractivity contribution in [2.24, 2.45) is 22.9 Å². The van der Waals surface area contributed by atoms with Crippen LogP contribution in [0.4, 0.5) is 4.79 Å². The molecule has 2 N–H and O–H groups in total. The summed E-state index contributed by atoms with van der Waals surface area (Å²) in [5, 5.41) is 27.1. The lowest BCUT2D eigenvalue weighted by Gasteiger charge is -2.60. The van der Waals surface area contributed by atoms with Gasteiger partial charge in [0.05, 0.1) is 18.2 Å². The van der Waals surface area contributed by atoms with Gasteiger partial charge in [-0.1, -0.05) is 97.7 Å². The van der Waals surface area contributed by atoms with Gasteiger partial charge in [-0.15, -0.1) is 6.58 Å². The molecule has 10 heteroatoms. The van der Waals surface area contributed by atoms with Gasteiger partial charge in [0.2, 0.25) is 5.79 Å². The van der Waals surface area contributed by atoms with E-state index in [1.165, 1.54) is 0 Å². The second-order valence-electron chi connectivity index (χ2n) is 17.8. The topological polar surface area (TPSA) is 119 Å². The minimum absolute atomic E-state index is 0.0764. The van der Waals surface area contributed by atoms with Gasteiger partial charge in [0, 0.05) is 37.7 Å². The van der Waals surface area contributed by atoms with Crippen molar-refractivity contribution >= 4 is 22.6 Å². The molecular formula is C52H64N2O8. The van der Waals surface area contributed by atoms with Crippen LogP contribution in [0, 0.1) is 17.8 Å². The standard InChI is InChI=1S/C52H64N2O8/c1-6-27-54(50(57)58-35-36-17-9-8-10-18-36)47-34-45(53-62-51(3,4)5)43-32-39(21-13-15-28-55)42(22-14-16-29-56)48-44-33-41(60-40-24-23-37-19-11-12-20-38(37)31-40)25-26-46(44)61-52(47,49(43)48)59-30-7-2/h7-12,17-20,23-26,31-33,39,42,47-49,55-56H,2,6,13-16,21-22,27-30,34-35H2,1,3-5H3/t39-,42+,47-,48+,49+,52+/m0/s1. The molecular weight excluding hydrogens is 781 g/mol. The Bertz CT molecular complexity index is 2200. The van der Waals surface area contributed by atoms with Gasteiger partial charge >= 0.3 is 6.09 Å². The highest BCUT2D eigenvalue weighted by atomic mass is 16.7. The molecule has 3 aliphatic rings. The fourth-order valence-corrected chi connectivity index (χ4v) is 9.69. The summed E-state index contributed by atoms with van der Waals surface area (Å²) >= 11 is 0. The van der Waals surface area contributed by atoms with Crippen LogP contribution in [0.25, 0.3) is 10.8 Å². The predicted octanol–water partition coefficient (Wildman–Crippen LogP) is 11.1. The first-order valence-electron chi connectivity index (χ1n) is 22.5. The lowest BCUT2D eigenvalue weighted by atomic mass is 9.55. The minimum atomic E-state index is -1.38. The largest absolute Gasteiger partial charge is 0.459 e. The van der Waals surface area contributed by atoms with Crippen LogP contribution in [0.3, 0.4) is 0 Å². The van der Waals surface area contributed by atoms with E-state index in [4.69, 9.17) is 28.9 Å². The quantitative estimate of drug-likeness (QED) is 0.0544. The fraction of sp³-hybridized carbons (Fsp3) is 0.462. The van der Waals surface area contributed by atoms with Crippen molar-refractivity contribution in [2.45, 2.75) is 109 Å². The molecule has 4 aromatic carbocycles. The number of aliphatic hydroxyl groups is 2. The summed E-state index contributed by atoms with van der Waals surface area (Å²) in [7, 11) is 0. The summed E-state index contributed by atoms with van der Waals surface area (Å²) < 4.78 is 27.3. The summed E-state index contributed by atoms with van der Waals surface area (Å²) in [4.78, 5) is 22.6. The van der Waals surface area contributed by atoms with Gasteiger partial charge in [-0.25, -0.2) is 4.79 Å². The van der Waals surface area contributed by atoms with Crippen LogP contribution >= 0.6 is 0 Å². The third-order valence-corrected chi connectivity index (χ3v) is 12.3. The number of allylic oxidation sites excluding steroid dienone is 1. The Hall–Kier alpha value is -5.16. The number of carbonyl (C=O) groups is 1. The fourth-order valence-electron chi connectivity index (χ4n) is 9.69. The number of fused-ring (bicyclic) bond motifs is 3. The van der Waals surface area contributed by atoms with Gasteiger partial charge in [0.25, 0.3) is 0 Å². The molecule has 1 fully saturated rings. The van der Waals surface area contributed by atoms with E-state index in [2.05, 4.69) is 43.0 Å². The Balaban J connectivity index is 1.41.